The molecule has 3 aromatic rings. The largest absolute Gasteiger partial charge is 0.397 e. The van der Waals surface area contributed by atoms with Gasteiger partial charge >= 0.3 is 6.18 Å². The van der Waals surface area contributed by atoms with Crippen molar-refractivity contribution in [1.82, 2.24) is 5.32 Å². The summed E-state index contributed by atoms with van der Waals surface area (Å²) in [6.07, 6.45) is -9.92. The molecule has 1 saturated heterocycles. The lowest BCUT2D eigenvalue weighted by Gasteiger charge is -2.46. The first-order valence-electron chi connectivity index (χ1n) is 13.3. The average molecular weight is 576 g/mol. The number of amides is 1. The van der Waals surface area contributed by atoms with Gasteiger partial charge in [0.15, 0.2) is 6.29 Å². The molecule has 1 amide bonds. The predicted octanol–water partition coefficient (Wildman–Crippen LogP) is 5.43. The predicted molar refractivity (Wildman–Crippen MR) is 147 cm³/mol. The normalized spacial score (nSPS) is 22.8. The second-order valence-electron chi connectivity index (χ2n) is 9.69. The second kappa shape index (κ2) is 15.1. The second-order valence-corrected chi connectivity index (χ2v) is 9.69. The van der Waals surface area contributed by atoms with Crippen molar-refractivity contribution in [2.45, 2.75) is 63.1 Å². The Labute approximate surface area is 239 Å². The fraction of sp³-hybridized carbons (Fsp3) is 0.387. The van der Waals surface area contributed by atoms with Gasteiger partial charge in [-0.1, -0.05) is 91.0 Å². The maximum atomic E-state index is 13.0. The quantitative estimate of drug-likeness (QED) is 0.293. The lowest BCUT2D eigenvalue weighted by Crippen LogP contribution is -2.66. The van der Waals surface area contributed by atoms with Crippen molar-refractivity contribution in [2.75, 3.05) is 13.7 Å². The van der Waals surface area contributed by atoms with Crippen LogP contribution in [0.5, 0.6) is 0 Å². The Balaban J connectivity index is 0.00000484. The standard InChI is InChI=1S/C31H34F3NO6.H2/c1-37-30-27(35-26(36)17-31(32,33)34)29(40-20-24-15-9-4-10-16-24)28(39-19-23-13-7-3-8-14-23)25(41-30)21-38-18-22-11-5-2-6-12-22;/h2-16,25,27-30H,17-21H2,1H3,(H,35,36);1H/t25-,27-,28+,29-,30+;/m1./s1. The minimum atomic E-state index is -4.68. The van der Waals surface area contributed by atoms with Crippen LogP contribution < -0.4 is 5.32 Å². The summed E-state index contributed by atoms with van der Waals surface area (Å²) in [6.45, 7) is 0.695. The summed E-state index contributed by atoms with van der Waals surface area (Å²) in [6, 6.07) is 27.2. The lowest BCUT2D eigenvalue weighted by molar-refractivity contribution is -0.285. The van der Waals surface area contributed by atoms with Gasteiger partial charge in [0.1, 0.15) is 30.8 Å². The molecule has 0 aliphatic carbocycles. The molecule has 0 saturated carbocycles. The molecule has 4 rings (SSSR count). The topological polar surface area (TPSA) is 75.2 Å². The molecule has 0 aromatic heterocycles. The van der Waals surface area contributed by atoms with Crippen molar-refractivity contribution in [3.05, 3.63) is 108 Å². The number of rotatable bonds is 13. The van der Waals surface area contributed by atoms with Gasteiger partial charge in [0.25, 0.3) is 0 Å². The van der Waals surface area contributed by atoms with E-state index in [0.717, 1.165) is 16.7 Å². The van der Waals surface area contributed by atoms with Gasteiger partial charge in [0.05, 0.1) is 26.4 Å². The van der Waals surface area contributed by atoms with E-state index in [0.29, 0.717) is 6.61 Å². The molecule has 0 unspecified atom stereocenters. The van der Waals surface area contributed by atoms with Crippen LogP contribution in [0.4, 0.5) is 13.2 Å². The van der Waals surface area contributed by atoms with Gasteiger partial charge in [0.2, 0.25) is 5.91 Å². The minimum Gasteiger partial charge on any atom is -0.374 e. The van der Waals surface area contributed by atoms with Crippen LogP contribution in [0.25, 0.3) is 0 Å². The maximum Gasteiger partial charge on any atom is 0.397 e. The molecule has 1 fully saturated rings. The van der Waals surface area contributed by atoms with E-state index in [1.807, 2.05) is 91.0 Å². The summed E-state index contributed by atoms with van der Waals surface area (Å²) in [4.78, 5) is 12.4. The fourth-order valence-corrected chi connectivity index (χ4v) is 4.61. The zero-order valence-corrected chi connectivity index (χ0v) is 22.7. The molecule has 1 aliphatic rings. The molecule has 10 heteroatoms. The highest BCUT2D eigenvalue weighted by molar-refractivity contribution is 5.77. The average Bonchev–Trinajstić information content (AvgIpc) is 2.96. The van der Waals surface area contributed by atoms with Gasteiger partial charge in [-0.2, -0.15) is 13.2 Å². The molecule has 41 heavy (non-hydrogen) atoms. The fourth-order valence-electron chi connectivity index (χ4n) is 4.61. The smallest absolute Gasteiger partial charge is 0.374 e. The van der Waals surface area contributed by atoms with E-state index in [9.17, 15) is 18.0 Å². The Morgan fingerprint density at radius 3 is 1.78 bits per heavy atom. The molecule has 222 valence electrons. The Morgan fingerprint density at radius 2 is 1.29 bits per heavy atom. The molecule has 0 bridgehead atoms. The van der Waals surface area contributed by atoms with Gasteiger partial charge < -0.3 is 29.0 Å². The minimum absolute atomic E-state index is 0. The number of carbonyl (C=O) groups excluding carboxylic acids is 1. The van der Waals surface area contributed by atoms with Crippen LogP contribution >= 0.6 is 0 Å². The van der Waals surface area contributed by atoms with Crippen LogP contribution in [0.2, 0.25) is 0 Å². The highest BCUT2D eigenvalue weighted by Crippen LogP contribution is 2.30. The molecule has 7 nitrogen and oxygen atoms in total. The molecule has 5 atom stereocenters. The number of alkyl halides is 3. The van der Waals surface area contributed by atoms with Gasteiger partial charge in [-0.3, -0.25) is 4.79 Å². The van der Waals surface area contributed by atoms with E-state index >= 15 is 0 Å². The first kappa shape index (κ1) is 30.7. The molecule has 1 N–H and O–H groups in total. The Morgan fingerprint density at radius 1 is 0.805 bits per heavy atom. The number of hydrogen-bond acceptors (Lipinski definition) is 6. The zero-order chi connectivity index (χ0) is 29.1. The summed E-state index contributed by atoms with van der Waals surface area (Å²) >= 11 is 0. The SMILES string of the molecule is CO[C@H]1O[C@H](COCc2ccccc2)[C@H](OCc2ccccc2)[C@H](OCc2ccccc2)[C@H]1NC(=O)CC(F)(F)F.[HH]. The molecular weight excluding hydrogens is 539 g/mol. The van der Waals surface area contributed by atoms with E-state index in [1.54, 1.807) is 0 Å². The number of ether oxygens (including phenoxy) is 5. The van der Waals surface area contributed by atoms with Crippen molar-refractivity contribution in [3.63, 3.8) is 0 Å². The van der Waals surface area contributed by atoms with Crippen LogP contribution in [0.3, 0.4) is 0 Å². The van der Waals surface area contributed by atoms with Crippen molar-refractivity contribution < 1.29 is 43.1 Å². The van der Waals surface area contributed by atoms with Crippen molar-refractivity contribution in [1.29, 1.82) is 0 Å². The summed E-state index contributed by atoms with van der Waals surface area (Å²) in [5, 5.41) is 2.44. The highest BCUT2D eigenvalue weighted by atomic mass is 19.4. The summed E-state index contributed by atoms with van der Waals surface area (Å²) in [7, 11) is 1.36. The molecular formula is C31H36F3NO6. The van der Waals surface area contributed by atoms with Crippen molar-refractivity contribution >= 4 is 5.91 Å². The Hall–Kier alpha value is -3.28. The van der Waals surface area contributed by atoms with Crippen LogP contribution in [0.1, 0.15) is 24.5 Å². The zero-order valence-electron chi connectivity index (χ0n) is 22.7. The molecule has 1 aliphatic heterocycles. The number of methoxy groups -OCH3 is 1. The number of hydrogen-bond donors (Lipinski definition) is 1. The molecule has 3 aromatic carbocycles. The van der Waals surface area contributed by atoms with Crippen LogP contribution in [0.15, 0.2) is 91.0 Å². The third-order valence-electron chi connectivity index (χ3n) is 6.53. The number of carbonyl (C=O) groups is 1. The first-order valence-corrected chi connectivity index (χ1v) is 13.3. The number of nitrogens with one attached hydrogen (secondary N) is 1. The number of benzene rings is 3. The van der Waals surface area contributed by atoms with Crippen molar-refractivity contribution in [2.24, 2.45) is 0 Å². The van der Waals surface area contributed by atoms with Gasteiger partial charge in [0, 0.05) is 8.54 Å². The Bertz CT molecular complexity index is 1190. The Kier molecular flexibility index (Phi) is 11.3. The monoisotopic (exact) mass is 575 g/mol. The van der Waals surface area contributed by atoms with Crippen molar-refractivity contribution in [3.8, 4) is 0 Å². The summed E-state index contributed by atoms with van der Waals surface area (Å²) in [5.41, 5.74) is 2.68. The third-order valence-corrected chi connectivity index (χ3v) is 6.53. The maximum absolute atomic E-state index is 13.0. The van der Waals surface area contributed by atoms with E-state index in [1.165, 1.54) is 7.11 Å². The summed E-state index contributed by atoms with van der Waals surface area (Å²) in [5.74, 6) is -1.22. The van der Waals surface area contributed by atoms with Crippen LogP contribution in [-0.4, -0.2) is 56.4 Å². The van der Waals surface area contributed by atoms with E-state index in [-0.39, 0.29) is 21.2 Å². The third kappa shape index (κ3) is 9.65. The molecule has 0 radical (unpaired) electrons. The number of halogens is 3. The van der Waals surface area contributed by atoms with E-state index in [4.69, 9.17) is 23.7 Å². The van der Waals surface area contributed by atoms with E-state index in [2.05, 4.69) is 5.32 Å². The van der Waals surface area contributed by atoms with Crippen LogP contribution in [-0.2, 0) is 48.3 Å². The van der Waals surface area contributed by atoms with Gasteiger partial charge in [-0.05, 0) is 16.7 Å². The van der Waals surface area contributed by atoms with Gasteiger partial charge in [-0.15, -0.1) is 0 Å². The lowest BCUT2D eigenvalue weighted by atomic mass is 9.95. The first-order chi connectivity index (χ1) is 19.8. The van der Waals surface area contributed by atoms with Crippen LogP contribution in [0, 0.1) is 0 Å². The molecule has 1 heterocycles. The highest BCUT2D eigenvalue weighted by Gasteiger charge is 2.49. The summed E-state index contributed by atoms with van der Waals surface area (Å²) < 4.78 is 69.4. The molecule has 0 spiro atoms. The van der Waals surface area contributed by atoms with E-state index < -0.39 is 49.1 Å². The van der Waals surface area contributed by atoms with Gasteiger partial charge in [-0.25, -0.2) is 0 Å².